The topological polar surface area (TPSA) is 88.1 Å². The first-order valence-corrected chi connectivity index (χ1v) is 5.99. The van der Waals surface area contributed by atoms with Crippen molar-refractivity contribution in [1.82, 2.24) is 15.0 Å². The molecule has 19 heavy (non-hydrogen) atoms. The lowest BCUT2D eigenvalue weighted by atomic mass is 10.2. The Kier molecular flexibility index (Phi) is 3.79. The number of rotatable bonds is 4. The van der Waals surface area contributed by atoms with E-state index in [-0.39, 0.29) is 17.3 Å². The Morgan fingerprint density at radius 3 is 2.79 bits per heavy atom. The molecule has 0 aliphatic rings. The van der Waals surface area contributed by atoms with Crippen LogP contribution in [0.4, 0.5) is 0 Å². The lowest BCUT2D eigenvalue weighted by Crippen LogP contribution is -2.15. The molecule has 0 spiro atoms. The molecule has 2 aromatic heterocycles. The average molecular weight is 261 g/mol. The molecule has 0 saturated carbocycles. The third-order valence-corrected chi connectivity index (χ3v) is 2.67. The van der Waals surface area contributed by atoms with Crippen molar-refractivity contribution in [2.45, 2.75) is 19.8 Å². The lowest BCUT2D eigenvalue weighted by molar-refractivity contribution is 0.398. The molecule has 0 amide bonds. The Morgan fingerprint density at radius 1 is 1.37 bits per heavy atom. The number of aromatic amines is 1. The van der Waals surface area contributed by atoms with Gasteiger partial charge in [0.15, 0.2) is 5.82 Å². The second-order valence-corrected chi connectivity index (χ2v) is 4.03. The maximum absolute atomic E-state index is 11.9. The Balaban J connectivity index is 2.48. The van der Waals surface area contributed by atoms with Gasteiger partial charge in [0.05, 0.1) is 12.7 Å². The standard InChI is InChI=1S/C13H15N3O3/c1-3-5-8-12(17)15-11(16-13(8)18)9-6-4-7-10(14-9)19-2/h4,6-7H,3,5H2,1-2H3,(H2,15,16,17,18). The van der Waals surface area contributed by atoms with Gasteiger partial charge in [-0.3, -0.25) is 4.79 Å². The molecule has 0 fully saturated rings. The van der Waals surface area contributed by atoms with Crippen LogP contribution >= 0.6 is 0 Å². The van der Waals surface area contributed by atoms with Crippen LogP contribution in [-0.2, 0) is 6.42 Å². The van der Waals surface area contributed by atoms with Gasteiger partial charge in [-0.15, -0.1) is 0 Å². The number of H-pyrrole nitrogens is 1. The Morgan fingerprint density at radius 2 is 2.16 bits per heavy atom. The minimum Gasteiger partial charge on any atom is -0.493 e. The maximum atomic E-state index is 11.9. The molecule has 2 N–H and O–H groups in total. The summed E-state index contributed by atoms with van der Waals surface area (Å²) in [4.78, 5) is 22.6. The molecule has 0 aliphatic heterocycles. The molecule has 0 unspecified atom stereocenters. The predicted octanol–water partition coefficient (Wildman–Crippen LogP) is 1.50. The zero-order valence-corrected chi connectivity index (χ0v) is 10.8. The molecule has 0 aliphatic carbocycles. The molecule has 0 saturated heterocycles. The van der Waals surface area contributed by atoms with Crippen molar-refractivity contribution in [2.24, 2.45) is 0 Å². The van der Waals surface area contributed by atoms with Gasteiger partial charge >= 0.3 is 0 Å². The van der Waals surface area contributed by atoms with Gasteiger partial charge in [-0.05, 0) is 12.5 Å². The molecule has 0 aromatic carbocycles. The van der Waals surface area contributed by atoms with Crippen molar-refractivity contribution in [1.29, 1.82) is 0 Å². The summed E-state index contributed by atoms with van der Waals surface area (Å²) in [5.41, 5.74) is 0.401. The molecule has 2 aromatic rings. The first-order valence-electron chi connectivity index (χ1n) is 5.99. The number of methoxy groups -OCH3 is 1. The highest BCUT2D eigenvalue weighted by molar-refractivity contribution is 5.51. The molecule has 2 rings (SSSR count). The molecule has 100 valence electrons. The summed E-state index contributed by atoms with van der Waals surface area (Å²) in [6, 6.07) is 5.10. The van der Waals surface area contributed by atoms with Crippen molar-refractivity contribution in [3.63, 3.8) is 0 Å². The van der Waals surface area contributed by atoms with Crippen molar-refractivity contribution in [2.75, 3.05) is 7.11 Å². The number of hydrogen-bond acceptors (Lipinski definition) is 5. The van der Waals surface area contributed by atoms with Crippen LogP contribution < -0.4 is 10.3 Å². The maximum Gasteiger partial charge on any atom is 0.258 e. The van der Waals surface area contributed by atoms with E-state index < -0.39 is 0 Å². The van der Waals surface area contributed by atoms with E-state index in [0.717, 1.165) is 6.42 Å². The molecule has 0 atom stereocenters. The number of ether oxygens (including phenoxy) is 1. The summed E-state index contributed by atoms with van der Waals surface area (Å²) < 4.78 is 5.01. The van der Waals surface area contributed by atoms with E-state index in [2.05, 4.69) is 15.0 Å². The highest BCUT2D eigenvalue weighted by Crippen LogP contribution is 2.18. The highest BCUT2D eigenvalue weighted by atomic mass is 16.5. The molecular weight excluding hydrogens is 246 g/mol. The first-order chi connectivity index (χ1) is 9.15. The van der Waals surface area contributed by atoms with E-state index in [1.54, 1.807) is 18.2 Å². The van der Waals surface area contributed by atoms with E-state index in [1.807, 2.05) is 6.92 Å². The van der Waals surface area contributed by atoms with Crippen molar-refractivity contribution < 1.29 is 9.84 Å². The summed E-state index contributed by atoms with van der Waals surface area (Å²) in [5, 5.41) is 9.80. The zero-order valence-electron chi connectivity index (χ0n) is 10.8. The van der Waals surface area contributed by atoms with Crippen molar-refractivity contribution in [3.05, 3.63) is 34.1 Å². The molecule has 0 bridgehead atoms. The lowest BCUT2D eigenvalue weighted by Gasteiger charge is -2.05. The monoisotopic (exact) mass is 261 g/mol. The smallest absolute Gasteiger partial charge is 0.258 e. The summed E-state index contributed by atoms with van der Waals surface area (Å²) in [6.07, 6.45) is 1.25. The van der Waals surface area contributed by atoms with Crippen LogP contribution in [0.3, 0.4) is 0 Å². The van der Waals surface area contributed by atoms with Gasteiger partial charge < -0.3 is 14.8 Å². The number of aromatic hydroxyl groups is 1. The normalized spacial score (nSPS) is 10.4. The van der Waals surface area contributed by atoms with Crippen LogP contribution in [0.2, 0.25) is 0 Å². The van der Waals surface area contributed by atoms with E-state index in [9.17, 15) is 9.90 Å². The number of hydrogen-bond donors (Lipinski definition) is 2. The largest absolute Gasteiger partial charge is 0.493 e. The number of nitrogens with one attached hydrogen (secondary N) is 1. The predicted molar refractivity (Wildman–Crippen MR) is 70.3 cm³/mol. The van der Waals surface area contributed by atoms with Gasteiger partial charge in [-0.1, -0.05) is 19.4 Å². The summed E-state index contributed by atoms with van der Waals surface area (Å²) in [7, 11) is 1.50. The molecule has 2 heterocycles. The third-order valence-electron chi connectivity index (χ3n) is 2.67. The second kappa shape index (κ2) is 5.51. The Bertz CT molecular complexity index is 637. The first kappa shape index (κ1) is 13.1. The Labute approximate surface area is 110 Å². The van der Waals surface area contributed by atoms with Gasteiger partial charge in [0.25, 0.3) is 5.56 Å². The van der Waals surface area contributed by atoms with E-state index in [0.29, 0.717) is 23.6 Å². The van der Waals surface area contributed by atoms with Gasteiger partial charge in [-0.2, -0.15) is 4.98 Å². The quantitative estimate of drug-likeness (QED) is 0.870. The fraction of sp³-hybridized carbons (Fsp3) is 0.308. The van der Waals surface area contributed by atoms with Gasteiger partial charge in [0.2, 0.25) is 11.8 Å². The molecule has 6 heteroatoms. The SMILES string of the molecule is CCCc1c(O)nc(-c2cccc(OC)n2)[nH]c1=O. The van der Waals surface area contributed by atoms with Crippen LogP contribution in [-0.4, -0.2) is 27.2 Å². The van der Waals surface area contributed by atoms with Gasteiger partial charge in [0.1, 0.15) is 5.69 Å². The second-order valence-electron chi connectivity index (χ2n) is 4.03. The fourth-order valence-electron chi connectivity index (χ4n) is 1.74. The van der Waals surface area contributed by atoms with Crippen molar-refractivity contribution >= 4 is 0 Å². The van der Waals surface area contributed by atoms with Crippen LogP contribution in [0.5, 0.6) is 11.8 Å². The molecule has 0 radical (unpaired) electrons. The molecular formula is C13H15N3O3. The number of pyridine rings is 1. The van der Waals surface area contributed by atoms with Crippen LogP contribution in [0.25, 0.3) is 11.5 Å². The summed E-state index contributed by atoms with van der Waals surface area (Å²) in [6.45, 7) is 1.93. The molecule has 6 nitrogen and oxygen atoms in total. The highest BCUT2D eigenvalue weighted by Gasteiger charge is 2.12. The van der Waals surface area contributed by atoms with Gasteiger partial charge in [0, 0.05) is 6.07 Å². The van der Waals surface area contributed by atoms with Crippen LogP contribution in [0.1, 0.15) is 18.9 Å². The zero-order chi connectivity index (χ0) is 13.8. The van der Waals surface area contributed by atoms with E-state index in [4.69, 9.17) is 4.74 Å². The van der Waals surface area contributed by atoms with E-state index in [1.165, 1.54) is 7.11 Å². The minimum absolute atomic E-state index is 0.223. The van der Waals surface area contributed by atoms with Crippen LogP contribution in [0, 0.1) is 0 Å². The number of aromatic nitrogens is 3. The van der Waals surface area contributed by atoms with Gasteiger partial charge in [-0.25, -0.2) is 4.98 Å². The van der Waals surface area contributed by atoms with E-state index >= 15 is 0 Å². The third kappa shape index (κ3) is 2.73. The van der Waals surface area contributed by atoms with Crippen LogP contribution in [0.15, 0.2) is 23.0 Å². The minimum atomic E-state index is -0.339. The Hall–Kier alpha value is -2.37. The average Bonchev–Trinajstić information content (AvgIpc) is 2.42. The number of nitrogens with zero attached hydrogens (tertiary/aromatic N) is 2. The summed E-state index contributed by atoms with van der Waals surface area (Å²) in [5.74, 6) is 0.392. The summed E-state index contributed by atoms with van der Waals surface area (Å²) >= 11 is 0. The van der Waals surface area contributed by atoms with Crippen molar-refractivity contribution in [3.8, 4) is 23.3 Å². The fourth-order valence-corrected chi connectivity index (χ4v) is 1.74.